The minimum Gasteiger partial charge on any atom is -0.271 e. The molecule has 3 N–H and O–H groups in total. The fraction of sp³-hybridized carbons (Fsp3) is 0.250. The summed E-state index contributed by atoms with van der Waals surface area (Å²) >= 11 is 3.31. The second-order valence-corrected chi connectivity index (χ2v) is 5.08. The number of hydrazine groups is 1. The fourth-order valence-electron chi connectivity index (χ4n) is 1.97. The predicted molar refractivity (Wildman–Crippen MR) is 71.5 cm³/mol. The highest BCUT2D eigenvalue weighted by atomic mass is 79.9. The molecule has 2 aromatic rings. The van der Waals surface area contributed by atoms with Gasteiger partial charge in [-0.2, -0.15) is 18.3 Å². The summed E-state index contributed by atoms with van der Waals surface area (Å²) in [6.45, 7) is 0. The maximum Gasteiger partial charge on any atom is 0.416 e. The molecule has 0 saturated heterocycles. The van der Waals surface area contributed by atoms with Crippen LogP contribution < -0.4 is 11.3 Å². The third-order valence-corrected chi connectivity index (χ3v) is 3.54. The SMILES string of the molecule is Cn1ncc(Br)c1C(NN)c1cccc(C(F)(F)F)c1. The summed E-state index contributed by atoms with van der Waals surface area (Å²) < 4.78 is 40.5. The minimum atomic E-state index is -4.39. The van der Waals surface area contributed by atoms with E-state index in [4.69, 9.17) is 5.84 Å². The van der Waals surface area contributed by atoms with Crippen LogP contribution in [0.3, 0.4) is 0 Å². The lowest BCUT2D eigenvalue weighted by molar-refractivity contribution is -0.137. The standard InChI is InChI=1S/C12H12BrF3N4/c1-20-11(9(13)6-18-20)10(19-17)7-3-2-4-8(5-7)12(14,15)16/h2-6,10,19H,17H2,1H3. The number of nitrogens with two attached hydrogens (primary N) is 1. The highest BCUT2D eigenvalue weighted by Crippen LogP contribution is 2.33. The number of hydrogen-bond acceptors (Lipinski definition) is 3. The average Bonchev–Trinajstić information content (AvgIpc) is 2.71. The molecule has 0 aliphatic rings. The van der Waals surface area contributed by atoms with Crippen molar-refractivity contribution in [2.75, 3.05) is 0 Å². The molecule has 1 heterocycles. The largest absolute Gasteiger partial charge is 0.416 e. The van der Waals surface area contributed by atoms with Gasteiger partial charge < -0.3 is 0 Å². The monoisotopic (exact) mass is 348 g/mol. The first-order valence-electron chi connectivity index (χ1n) is 5.65. The molecule has 0 spiro atoms. The molecule has 0 amide bonds. The van der Waals surface area contributed by atoms with E-state index in [0.717, 1.165) is 12.1 Å². The van der Waals surface area contributed by atoms with Crippen LogP contribution in [0.5, 0.6) is 0 Å². The van der Waals surface area contributed by atoms with Crippen LogP contribution in [-0.2, 0) is 13.2 Å². The van der Waals surface area contributed by atoms with Crippen LogP contribution in [0.1, 0.15) is 22.9 Å². The van der Waals surface area contributed by atoms with Gasteiger partial charge in [0, 0.05) is 7.05 Å². The lowest BCUT2D eigenvalue weighted by Gasteiger charge is -2.19. The number of alkyl halides is 3. The van der Waals surface area contributed by atoms with E-state index in [0.29, 0.717) is 15.7 Å². The zero-order valence-corrected chi connectivity index (χ0v) is 12.0. The van der Waals surface area contributed by atoms with Gasteiger partial charge in [0.1, 0.15) is 0 Å². The number of nitrogens with one attached hydrogen (secondary N) is 1. The van der Waals surface area contributed by atoms with E-state index >= 15 is 0 Å². The summed E-state index contributed by atoms with van der Waals surface area (Å²) in [6, 6.07) is 4.44. The predicted octanol–water partition coefficient (Wildman–Crippen LogP) is 2.75. The summed E-state index contributed by atoms with van der Waals surface area (Å²) in [5.41, 5.74) is 2.86. The topological polar surface area (TPSA) is 55.9 Å². The van der Waals surface area contributed by atoms with Gasteiger partial charge in [-0.1, -0.05) is 12.1 Å². The first-order chi connectivity index (χ1) is 9.34. The number of halogens is 4. The Bertz CT molecular complexity index is 589. The van der Waals surface area contributed by atoms with Gasteiger partial charge in [0.15, 0.2) is 0 Å². The van der Waals surface area contributed by atoms with Gasteiger partial charge in [0.25, 0.3) is 0 Å². The molecule has 0 radical (unpaired) electrons. The molecule has 0 aliphatic heterocycles. The summed E-state index contributed by atoms with van der Waals surface area (Å²) in [5, 5.41) is 4.03. The van der Waals surface area contributed by atoms with Gasteiger partial charge in [-0.3, -0.25) is 10.5 Å². The zero-order chi connectivity index (χ0) is 14.9. The second-order valence-electron chi connectivity index (χ2n) is 4.22. The number of rotatable bonds is 3. The molecule has 0 saturated carbocycles. The first kappa shape index (κ1) is 15.0. The van der Waals surface area contributed by atoms with E-state index in [-0.39, 0.29) is 0 Å². The van der Waals surface area contributed by atoms with Crippen molar-refractivity contribution in [3.8, 4) is 0 Å². The maximum atomic E-state index is 12.8. The Kier molecular flexibility index (Phi) is 4.17. The third-order valence-electron chi connectivity index (χ3n) is 2.93. The second kappa shape index (κ2) is 5.55. The van der Waals surface area contributed by atoms with Crippen LogP contribution in [0.15, 0.2) is 34.9 Å². The zero-order valence-electron chi connectivity index (χ0n) is 10.4. The van der Waals surface area contributed by atoms with Crippen LogP contribution in [0, 0.1) is 0 Å². The quantitative estimate of drug-likeness (QED) is 0.662. The fourth-order valence-corrected chi connectivity index (χ4v) is 2.55. The number of nitrogens with zero attached hydrogens (tertiary/aromatic N) is 2. The Labute approximate surface area is 121 Å². The Hall–Kier alpha value is -1.38. The molecule has 108 valence electrons. The number of aromatic nitrogens is 2. The molecule has 4 nitrogen and oxygen atoms in total. The van der Waals surface area contributed by atoms with E-state index < -0.39 is 17.8 Å². The van der Waals surface area contributed by atoms with Crippen molar-refractivity contribution in [3.63, 3.8) is 0 Å². The molecule has 20 heavy (non-hydrogen) atoms. The van der Waals surface area contributed by atoms with E-state index in [9.17, 15) is 13.2 Å². The van der Waals surface area contributed by atoms with E-state index in [1.54, 1.807) is 24.0 Å². The molecule has 2 rings (SSSR count). The Morgan fingerprint density at radius 3 is 2.60 bits per heavy atom. The molecule has 8 heteroatoms. The lowest BCUT2D eigenvalue weighted by atomic mass is 10.0. The van der Waals surface area contributed by atoms with E-state index in [1.807, 2.05) is 0 Å². The molecule has 1 aromatic carbocycles. The van der Waals surface area contributed by atoms with Gasteiger partial charge >= 0.3 is 6.18 Å². The van der Waals surface area contributed by atoms with E-state index in [2.05, 4.69) is 26.5 Å². The smallest absolute Gasteiger partial charge is 0.271 e. The number of hydrogen-bond donors (Lipinski definition) is 2. The Morgan fingerprint density at radius 1 is 1.40 bits per heavy atom. The average molecular weight is 349 g/mol. The van der Waals surface area contributed by atoms with Crippen LogP contribution in [0.2, 0.25) is 0 Å². The molecule has 0 aliphatic carbocycles. The minimum absolute atomic E-state index is 0.409. The highest BCUT2D eigenvalue weighted by Gasteiger charge is 2.31. The number of benzene rings is 1. The van der Waals surface area contributed by atoms with Crippen molar-refractivity contribution in [1.82, 2.24) is 15.2 Å². The van der Waals surface area contributed by atoms with Gasteiger partial charge in [-0.15, -0.1) is 0 Å². The van der Waals surface area contributed by atoms with Crippen LogP contribution in [0.4, 0.5) is 13.2 Å². The molecule has 0 fully saturated rings. The molecule has 0 bridgehead atoms. The molecular formula is C12H12BrF3N4. The van der Waals surface area contributed by atoms with Gasteiger partial charge in [0.05, 0.1) is 28.0 Å². The Morgan fingerprint density at radius 2 is 2.10 bits per heavy atom. The molecule has 1 unspecified atom stereocenters. The third kappa shape index (κ3) is 2.87. The van der Waals surface area contributed by atoms with Crippen molar-refractivity contribution in [1.29, 1.82) is 0 Å². The summed E-state index contributed by atoms with van der Waals surface area (Å²) in [4.78, 5) is 0. The summed E-state index contributed by atoms with van der Waals surface area (Å²) in [6.07, 6.45) is -2.83. The molecular weight excluding hydrogens is 337 g/mol. The summed E-state index contributed by atoms with van der Waals surface area (Å²) in [7, 11) is 1.69. The van der Waals surface area contributed by atoms with Gasteiger partial charge in [-0.05, 0) is 33.6 Å². The first-order valence-corrected chi connectivity index (χ1v) is 6.44. The Balaban J connectivity index is 2.48. The molecule has 1 atom stereocenters. The van der Waals surface area contributed by atoms with Crippen molar-refractivity contribution in [2.24, 2.45) is 12.9 Å². The van der Waals surface area contributed by atoms with Gasteiger partial charge in [-0.25, -0.2) is 5.43 Å². The normalized spacial score (nSPS) is 13.5. The van der Waals surface area contributed by atoms with E-state index in [1.165, 1.54) is 6.07 Å². The van der Waals surface area contributed by atoms with Crippen molar-refractivity contribution in [2.45, 2.75) is 12.2 Å². The number of aryl methyl sites for hydroxylation is 1. The van der Waals surface area contributed by atoms with Crippen LogP contribution >= 0.6 is 15.9 Å². The van der Waals surface area contributed by atoms with Crippen molar-refractivity contribution < 1.29 is 13.2 Å². The van der Waals surface area contributed by atoms with Crippen LogP contribution in [0.25, 0.3) is 0 Å². The molecule has 1 aromatic heterocycles. The van der Waals surface area contributed by atoms with Crippen molar-refractivity contribution in [3.05, 3.63) is 51.8 Å². The van der Waals surface area contributed by atoms with Crippen molar-refractivity contribution >= 4 is 15.9 Å². The summed E-state index contributed by atoms with van der Waals surface area (Å²) in [5.74, 6) is 5.50. The van der Waals surface area contributed by atoms with Crippen LogP contribution in [-0.4, -0.2) is 9.78 Å². The van der Waals surface area contributed by atoms with Gasteiger partial charge in [0.2, 0.25) is 0 Å². The maximum absolute atomic E-state index is 12.8. The highest BCUT2D eigenvalue weighted by molar-refractivity contribution is 9.10. The lowest BCUT2D eigenvalue weighted by Crippen LogP contribution is -2.30.